The average Bonchev–Trinajstić information content (AvgIpc) is 2.81. The van der Waals surface area contributed by atoms with E-state index in [1.165, 1.54) is 0 Å². The third-order valence-electron chi connectivity index (χ3n) is 3.60. The Hall–Kier alpha value is -0.910. The van der Waals surface area contributed by atoms with Crippen LogP contribution in [0, 0.1) is 0 Å². The van der Waals surface area contributed by atoms with E-state index in [0.717, 1.165) is 44.9 Å². The molecule has 1 fully saturated rings. The summed E-state index contributed by atoms with van der Waals surface area (Å²) < 4.78 is 7.64. The first-order chi connectivity index (χ1) is 9.15. The molecule has 108 valence electrons. The molecular formula is C14H26N4O. The van der Waals surface area contributed by atoms with Gasteiger partial charge in [0.05, 0.1) is 18.4 Å². The molecule has 0 aromatic carbocycles. The van der Waals surface area contributed by atoms with E-state index in [1.807, 2.05) is 17.9 Å². The summed E-state index contributed by atoms with van der Waals surface area (Å²) in [6.45, 7) is 9.32. The van der Waals surface area contributed by atoms with E-state index in [4.69, 9.17) is 4.74 Å². The third kappa shape index (κ3) is 4.60. The normalized spacial score (nSPS) is 21.2. The van der Waals surface area contributed by atoms with Crippen molar-refractivity contribution in [3.05, 3.63) is 18.0 Å². The fourth-order valence-electron chi connectivity index (χ4n) is 2.41. The molecule has 1 aliphatic rings. The van der Waals surface area contributed by atoms with Gasteiger partial charge in [-0.1, -0.05) is 0 Å². The van der Waals surface area contributed by atoms with E-state index in [9.17, 15) is 0 Å². The Morgan fingerprint density at radius 2 is 2.37 bits per heavy atom. The molecular weight excluding hydrogens is 240 g/mol. The minimum Gasteiger partial charge on any atom is -0.374 e. The number of ether oxygens (including phenoxy) is 1. The van der Waals surface area contributed by atoms with Gasteiger partial charge in [0.25, 0.3) is 0 Å². The van der Waals surface area contributed by atoms with Gasteiger partial charge >= 0.3 is 0 Å². The molecule has 5 heteroatoms. The smallest absolute Gasteiger partial charge is 0.0826 e. The van der Waals surface area contributed by atoms with Crippen LogP contribution in [0.4, 0.5) is 0 Å². The molecule has 1 atom stereocenters. The molecule has 19 heavy (non-hydrogen) atoms. The van der Waals surface area contributed by atoms with Gasteiger partial charge in [-0.15, -0.1) is 0 Å². The fourth-order valence-corrected chi connectivity index (χ4v) is 2.41. The van der Waals surface area contributed by atoms with Crippen molar-refractivity contribution in [3.8, 4) is 0 Å². The predicted molar refractivity (Wildman–Crippen MR) is 76.2 cm³/mol. The molecule has 1 saturated heterocycles. The monoisotopic (exact) mass is 266 g/mol. The number of hydrogen-bond donors (Lipinski definition) is 1. The quantitative estimate of drug-likeness (QED) is 0.768. The number of nitrogens with zero attached hydrogens (tertiary/aromatic N) is 3. The maximum Gasteiger partial charge on any atom is 0.0826 e. The summed E-state index contributed by atoms with van der Waals surface area (Å²) in [5, 5.41) is 7.84. The van der Waals surface area contributed by atoms with Gasteiger partial charge in [-0.3, -0.25) is 9.58 Å². The number of nitrogens with one attached hydrogen (secondary N) is 1. The Kier molecular flexibility index (Phi) is 5.36. The van der Waals surface area contributed by atoms with E-state index in [0.29, 0.717) is 12.1 Å². The maximum absolute atomic E-state index is 5.79. The second-order valence-electron chi connectivity index (χ2n) is 5.52. The Bertz CT molecular complexity index is 377. The van der Waals surface area contributed by atoms with Crippen molar-refractivity contribution >= 4 is 0 Å². The molecule has 2 rings (SSSR count). The van der Waals surface area contributed by atoms with Crippen LogP contribution in [-0.4, -0.2) is 59.6 Å². The molecule has 2 heterocycles. The molecule has 1 unspecified atom stereocenters. The Balaban J connectivity index is 1.62. The van der Waals surface area contributed by atoms with Crippen LogP contribution < -0.4 is 5.32 Å². The first-order valence-electron chi connectivity index (χ1n) is 7.20. The van der Waals surface area contributed by atoms with Crippen molar-refractivity contribution in [2.24, 2.45) is 7.05 Å². The van der Waals surface area contributed by atoms with Crippen LogP contribution in [0.15, 0.2) is 12.3 Å². The molecule has 0 spiro atoms. The molecule has 0 bridgehead atoms. The fraction of sp³-hybridized carbons (Fsp3) is 0.786. The molecule has 0 saturated carbocycles. The molecule has 1 aromatic heterocycles. The highest BCUT2D eigenvalue weighted by Crippen LogP contribution is 2.07. The minimum absolute atomic E-state index is 0.319. The zero-order valence-corrected chi connectivity index (χ0v) is 12.3. The summed E-state index contributed by atoms with van der Waals surface area (Å²) in [6.07, 6.45) is 3.28. The lowest BCUT2D eigenvalue weighted by Crippen LogP contribution is -2.49. The Labute approximate surface area is 115 Å². The second kappa shape index (κ2) is 7.03. The van der Waals surface area contributed by atoms with Crippen molar-refractivity contribution in [2.45, 2.75) is 32.4 Å². The Morgan fingerprint density at radius 3 is 3.05 bits per heavy atom. The van der Waals surface area contributed by atoms with Crippen LogP contribution >= 0.6 is 0 Å². The Morgan fingerprint density at radius 1 is 1.53 bits per heavy atom. The van der Waals surface area contributed by atoms with Gasteiger partial charge in [-0.2, -0.15) is 5.10 Å². The highest BCUT2D eigenvalue weighted by Gasteiger charge is 2.21. The summed E-state index contributed by atoms with van der Waals surface area (Å²) in [7, 11) is 1.95. The minimum atomic E-state index is 0.319. The van der Waals surface area contributed by atoms with E-state index in [2.05, 4.69) is 35.2 Å². The van der Waals surface area contributed by atoms with Crippen molar-refractivity contribution < 1.29 is 4.74 Å². The number of rotatable bonds is 6. The van der Waals surface area contributed by atoms with Crippen LogP contribution in [0.5, 0.6) is 0 Å². The summed E-state index contributed by atoms with van der Waals surface area (Å²) in [6, 6.07) is 2.68. The lowest BCUT2D eigenvalue weighted by atomic mass is 10.2. The molecule has 1 N–H and O–H groups in total. The molecule has 1 aliphatic heterocycles. The van der Waals surface area contributed by atoms with Gasteiger partial charge in [-0.25, -0.2) is 0 Å². The van der Waals surface area contributed by atoms with Gasteiger partial charge in [0.2, 0.25) is 0 Å². The number of aromatic nitrogens is 2. The first-order valence-corrected chi connectivity index (χ1v) is 7.20. The maximum atomic E-state index is 5.79. The highest BCUT2D eigenvalue weighted by atomic mass is 16.5. The van der Waals surface area contributed by atoms with Crippen LogP contribution in [0.3, 0.4) is 0 Å². The van der Waals surface area contributed by atoms with Crippen LogP contribution in [0.2, 0.25) is 0 Å². The van der Waals surface area contributed by atoms with Gasteiger partial charge in [-0.05, 0) is 19.9 Å². The van der Waals surface area contributed by atoms with E-state index in [1.54, 1.807) is 0 Å². The molecule has 0 aliphatic carbocycles. The zero-order valence-electron chi connectivity index (χ0n) is 12.3. The third-order valence-corrected chi connectivity index (χ3v) is 3.60. The molecule has 0 radical (unpaired) electrons. The van der Waals surface area contributed by atoms with Crippen LogP contribution in [0.25, 0.3) is 0 Å². The van der Waals surface area contributed by atoms with E-state index in [-0.39, 0.29) is 0 Å². The van der Waals surface area contributed by atoms with E-state index >= 15 is 0 Å². The first kappa shape index (κ1) is 14.5. The van der Waals surface area contributed by atoms with Crippen molar-refractivity contribution in [3.63, 3.8) is 0 Å². The standard InChI is InChI=1S/C14H26N4O/c1-12(2)18-8-9-19-14(11-18)10-15-6-4-13-5-7-17(3)16-13/h5,7,12,14-15H,4,6,8-11H2,1-3H3. The SMILES string of the molecule is CC(C)N1CCOC(CNCCc2ccn(C)n2)C1. The number of hydrogen-bond acceptors (Lipinski definition) is 4. The lowest BCUT2D eigenvalue weighted by Gasteiger charge is -2.35. The highest BCUT2D eigenvalue weighted by molar-refractivity contribution is 4.98. The van der Waals surface area contributed by atoms with Crippen LogP contribution in [-0.2, 0) is 18.2 Å². The molecule has 1 aromatic rings. The van der Waals surface area contributed by atoms with Gasteiger partial charge in [0.15, 0.2) is 0 Å². The van der Waals surface area contributed by atoms with E-state index < -0.39 is 0 Å². The average molecular weight is 266 g/mol. The van der Waals surface area contributed by atoms with Crippen LogP contribution in [0.1, 0.15) is 19.5 Å². The molecule has 0 amide bonds. The van der Waals surface area contributed by atoms with Crippen molar-refractivity contribution in [1.29, 1.82) is 0 Å². The van der Waals surface area contributed by atoms with Gasteiger partial charge in [0.1, 0.15) is 0 Å². The summed E-state index contributed by atoms with van der Waals surface area (Å²) >= 11 is 0. The number of morpholine rings is 1. The summed E-state index contributed by atoms with van der Waals surface area (Å²) in [5.41, 5.74) is 1.14. The molecule has 5 nitrogen and oxygen atoms in total. The number of aryl methyl sites for hydroxylation is 1. The predicted octanol–water partition coefficient (Wildman–Crippen LogP) is 0.661. The zero-order chi connectivity index (χ0) is 13.7. The summed E-state index contributed by atoms with van der Waals surface area (Å²) in [5.74, 6) is 0. The topological polar surface area (TPSA) is 42.3 Å². The largest absolute Gasteiger partial charge is 0.374 e. The summed E-state index contributed by atoms with van der Waals surface area (Å²) in [4.78, 5) is 2.48. The van der Waals surface area contributed by atoms with Crippen molar-refractivity contribution in [2.75, 3.05) is 32.8 Å². The van der Waals surface area contributed by atoms with Gasteiger partial charge < -0.3 is 10.1 Å². The second-order valence-corrected chi connectivity index (χ2v) is 5.52. The lowest BCUT2D eigenvalue weighted by molar-refractivity contribution is -0.0370. The van der Waals surface area contributed by atoms with Crippen molar-refractivity contribution in [1.82, 2.24) is 20.0 Å². The van der Waals surface area contributed by atoms with Gasteiger partial charge in [0, 0.05) is 51.9 Å².